The predicted octanol–water partition coefficient (Wildman–Crippen LogP) is 12.0. The van der Waals surface area contributed by atoms with Crippen LogP contribution in [0.5, 0.6) is 0 Å². The molecule has 0 aliphatic carbocycles. The summed E-state index contributed by atoms with van der Waals surface area (Å²) in [6.45, 7) is 4.84. The number of rotatable bonds is 40. The van der Waals surface area contributed by atoms with Crippen molar-refractivity contribution in [2.24, 2.45) is 0 Å². The fraction of sp³-hybridized carbons (Fsp3) is 0.930. The monoisotopic (exact) mass is 760 g/mol. The molecule has 8 nitrogen and oxygen atoms in total. The van der Waals surface area contributed by atoms with Crippen LogP contribution in [-0.4, -0.2) is 73.4 Å². The van der Waals surface area contributed by atoms with Crippen molar-refractivity contribution in [1.29, 1.82) is 0 Å². The summed E-state index contributed by atoms with van der Waals surface area (Å²) in [7, 11) is 1.59. The summed E-state index contributed by atoms with van der Waals surface area (Å²) in [4.78, 5) is 23.1. The largest absolute Gasteiger partial charge is 0.472 e. The molecule has 3 atom stereocenters. The second-order valence-electron chi connectivity index (χ2n) is 16.4. The van der Waals surface area contributed by atoms with Gasteiger partial charge in [-0.25, -0.2) is 4.57 Å². The maximum atomic E-state index is 12.9. The number of hydrogen-bond donors (Lipinski definition) is 3. The SMILES string of the molecule is CCCCCCCCCCCCC=CC[C@@H](O)[C@H](COP(=O)(O)OCC[N+](C)(C)C)NC(=O)CCCCCCCCCCCCCCCCCCC. The third-order valence-corrected chi connectivity index (χ3v) is 11.0. The Morgan fingerprint density at radius 1 is 0.635 bits per heavy atom. The van der Waals surface area contributed by atoms with Crippen LogP contribution in [0.1, 0.15) is 206 Å². The topological polar surface area (TPSA) is 105 Å². The van der Waals surface area contributed by atoms with Crippen molar-refractivity contribution in [1.82, 2.24) is 5.32 Å². The Bertz CT molecular complexity index is 865. The van der Waals surface area contributed by atoms with E-state index in [1.165, 1.54) is 148 Å². The Morgan fingerprint density at radius 3 is 1.46 bits per heavy atom. The summed E-state index contributed by atoms with van der Waals surface area (Å²) >= 11 is 0. The van der Waals surface area contributed by atoms with Gasteiger partial charge in [0.1, 0.15) is 13.2 Å². The average Bonchev–Trinajstić information content (AvgIpc) is 3.09. The van der Waals surface area contributed by atoms with E-state index < -0.39 is 20.0 Å². The van der Waals surface area contributed by atoms with Crippen molar-refractivity contribution in [2.75, 3.05) is 40.9 Å². The maximum Gasteiger partial charge on any atom is 0.472 e. The molecule has 9 heteroatoms. The average molecular weight is 760 g/mol. The van der Waals surface area contributed by atoms with Crippen molar-refractivity contribution in [3.63, 3.8) is 0 Å². The molecule has 0 radical (unpaired) electrons. The Hall–Kier alpha value is -0.760. The first-order valence-electron chi connectivity index (χ1n) is 22.1. The zero-order chi connectivity index (χ0) is 38.6. The number of nitrogens with zero attached hydrogens (tertiary/aromatic N) is 1. The first kappa shape index (κ1) is 51.2. The molecule has 52 heavy (non-hydrogen) atoms. The highest BCUT2D eigenvalue weighted by atomic mass is 31.2. The number of carbonyl (C=O) groups is 1. The fourth-order valence-electron chi connectivity index (χ4n) is 6.45. The van der Waals surface area contributed by atoms with Gasteiger partial charge in [-0.05, 0) is 25.7 Å². The molecule has 0 bridgehead atoms. The van der Waals surface area contributed by atoms with Gasteiger partial charge in [-0.2, -0.15) is 0 Å². The van der Waals surface area contributed by atoms with E-state index in [1.807, 2.05) is 27.2 Å². The van der Waals surface area contributed by atoms with E-state index in [1.54, 1.807) is 0 Å². The number of nitrogens with one attached hydrogen (secondary N) is 1. The molecular weight excluding hydrogens is 671 g/mol. The molecule has 0 aliphatic rings. The Labute approximate surface area is 322 Å². The van der Waals surface area contributed by atoms with Gasteiger partial charge in [-0.1, -0.05) is 187 Å². The standard InChI is InChI=1S/C43H87N2O6P/c1-6-8-10-12-14-16-18-20-21-22-23-25-27-29-31-33-35-37-43(47)44-41(40-51-52(48,49)50-39-38-45(3,4)5)42(46)36-34-32-30-28-26-24-19-17-15-13-11-9-7-2/h32,34,41-42,46H,6-31,33,35-40H2,1-5H3,(H-,44,47,48,49)/p+1/t41-,42+/m0/s1. The van der Waals surface area contributed by atoms with E-state index in [0.717, 1.165) is 32.1 Å². The molecular formula is C43H88N2O6P+. The van der Waals surface area contributed by atoms with Crippen LogP contribution in [0.25, 0.3) is 0 Å². The molecule has 1 amide bonds. The lowest BCUT2D eigenvalue weighted by Crippen LogP contribution is -2.46. The number of phosphoric acid groups is 1. The van der Waals surface area contributed by atoms with Gasteiger partial charge in [0, 0.05) is 6.42 Å². The van der Waals surface area contributed by atoms with Crippen molar-refractivity contribution in [2.45, 2.75) is 219 Å². The first-order valence-corrected chi connectivity index (χ1v) is 23.5. The number of unbranched alkanes of at least 4 members (excludes halogenated alkanes) is 26. The van der Waals surface area contributed by atoms with Crippen molar-refractivity contribution >= 4 is 13.7 Å². The summed E-state index contributed by atoms with van der Waals surface area (Å²) in [5.74, 6) is -0.165. The smallest absolute Gasteiger partial charge is 0.391 e. The molecule has 0 saturated carbocycles. The fourth-order valence-corrected chi connectivity index (χ4v) is 7.18. The van der Waals surface area contributed by atoms with E-state index in [4.69, 9.17) is 9.05 Å². The minimum absolute atomic E-state index is 0.0673. The maximum absolute atomic E-state index is 12.9. The highest BCUT2D eigenvalue weighted by Gasteiger charge is 2.28. The van der Waals surface area contributed by atoms with Crippen LogP contribution in [0, 0.1) is 0 Å². The van der Waals surface area contributed by atoms with Gasteiger partial charge < -0.3 is 19.8 Å². The van der Waals surface area contributed by atoms with Gasteiger partial charge >= 0.3 is 7.82 Å². The molecule has 0 spiro atoms. The molecule has 0 rings (SSSR count). The van der Waals surface area contributed by atoms with Crippen LogP contribution in [0.2, 0.25) is 0 Å². The number of aliphatic hydroxyl groups excluding tert-OH is 1. The van der Waals surface area contributed by atoms with Gasteiger partial charge in [0.05, 0.1) is 39.9 Å². The van der Waals surface area contributed by atoms with Crippen LogP contribution in [0.15, 0.2) is 12.2 Å². The van der Waals surface area contributed by atoms with Gasteiger partial charge in [-0.15, -0.1) is 0 Å². The minimum atomic E-state index is -4.32. The Morgan fingerprint density at radius 2 is 1.04 bits per heavy atom. The molecule has 0 saturated heterocycles. The lowest BCUT2D eigenvalue weighted by atomic mass is 10.0. The molecule has 0 aromatic carbocycles. The summed E-state index contributed by atoms with van der Waals surface area (Å²) in [5.41, 5.74) is 0. The molecule has 0 fully saturated rings. The number of hydrogen-bond acceptors (Lipinski definition) is 5. The van der Waals surface area contributed by atoms with E-state index >= 15 is 0 Å². The van der Waals surface area contributed by atoms with E-state index in [9.17, 15) is 19.4 Å². The number of allylic oxidation sites excluding steroid dienone is 1. The molecule has 310 valence electrons. The normalized spacial score (nSPS) is 14.5. The lowest BCUT2D eigenvalue weighted by molar-refractivity contribution is -0.870. The van der Waals surface area contributed by atoms with Gasteiger partial charge in [-0.3, -0.25) is 13.8 Å². The number of amides is 1. The molecule has 3 N–H and O–H groups in total. The van der Waals surface area contributed by atoms with Crippen LogP contribution >= 0.6 is 7.82 Å². The molecule has 1 unspecified atom stereocenters. The van der Waals surface area contributed by atoms with Gasteiger partial charge in [0.25, 0.3) is 0 Å². The van der Waals surface area contributed by atoms with Crippen LogP contribution in [0.4, 0.5) is 0 Å². The zero-order valence-corrected chi connectivity index (χ0v) is 36.0. The number of aliphatic hydroxyl groups is 1. The highest BCUT2D eigenvalue weighted by molar-refractivity contribution is 7.47. The summed E-state index contributed by atoms with van der Waals surface area (Å²) in [6.07, 6.45) is 39.7. The first-order chi connectivity index (χ1) is 25.0. The lowest BCUT2D eigenvalue weighted by Gasteiger charge is -2.26. The van der Waals surface area contributed by atoms with Crippen molar-refractivity contribution in [3.05, 3.63) is 12.2 Å². The Balaban J connectivity index is 4.38. The second-order valence-corrected chi connectivity index (χ2v) is 17.9. The number of carbonyl (C=O) groups excluding carboxylic acids is 1. The zero-order valence-electron chi connectivity index (χ0n) is 35.1. The summed E-state index contributed by atoms with van der Waals surface area (Å²) in [5, 5.41) is 13.9. The highest BCUT2D eigenvalue weighted by Crippen LogP contribution is 2.43. The number of phosphoric ester groups is 1. The third-order valence-electron chi connectivity index (χ3n) is 10.0. The molecule has 0 aromatic heterocycles. The van der Waals surface area contributed by atoms with Gasteiger partial charge in [0.15, 0.2) is 0 Å². The van der Waals surface area contributed by atoms with E-state index in [-0.39, 0.29) is 19.1 Å². The van der Waals surface area contributed by atoms with E-state index in [2.05, 4.69) is 25.2 Å². The quantitative estimate of drug-likeness (QED) is 0.0249. The number of quaternary nitrogens is 1. The molecule has 0 aliphatic heterocycles. The van der Waals surface area contributed by atoms with Crippen LogP contribution in [-0.2, 0) is 18.4 Å². The van der Waals surface area contributed by atoms with Crippen LogP contribution < -0.4 is 5.32 Å². The summed E-state index contributed by atoms with van der Waals surface area (Å²) < 4.78 is 23.5. The van der Waals surface area contributed by atoms with E-state index in [0.29, 0.717) is 23.9 Å². The molecule has 0 heterocycles. The Kier molecular flexibility index (Phi) is 35.4. The summed E-state index contributed by atoms with van der Waals surface area (Å²) in [6, 6.07) is -0.803. The van der Waals surface area contributed by atoms with Crippen molar-refractivity contribution in [3.8, 4) is 0 Å². The third kappa shape index (κ3) is 37.6. The predicted molar refractivity (Wildman–Crippen MR) is 222 cm³/mol. The van der Waals surface area contributed by atoms with Crippen molar-refractivity contribution < 1.29 is 32.9 Å². The van der Waals surface area contributed by atoms with Gasteiger partial charge in [0.2, 0.25) is 5.91 Å². The minimum Gasteiger partial charge on any atom is -0.391 e. The second kappa shape index (κ2) is 35.9. The number of likely N-dealkylation sites (N-methyl/N-ethyl adjacent to an activating group) is 1. The van der Waals surface area contributed by atoms with Crippen LogP contribution in [0.3, 0.4) is 0 Å². The molecule has 0 aromatic rings.